The summed E-state index contributed by atoms with van der Waals surface area (Å²) in [6, 6.07) is 0. The molecule has 52 valence electrons. The van der Waals surface area contributed by atoms with Crippen LogP contribution in [-0.2, 0) is 0 Å². The highest BCUT2D eigenvalue weighted by atomic mass is 35.5. The number of rotatable bonds is 0. The predicted octanol–water partition coefficient (Wildman–Crippen LogP) is 2.80. The van der Waals surface area contributed by atoms with Gasteiger partial charge in [-0.3, -0.25) is 0 Å². The highest BCUT2D eigenvalue weighted by Gasteiger charge is 2.23. The van der Waals surface area contributed by atoms with E-state index in [9.17, 15) is 0 Å². The van der Waals surface area contributed by atoms with E-state index >= 15 is 0 Å². The van der Waals surface area contributed by atoms with E-state index in [1.54, 1.807) is 0 Å². The molecule has 0 aromatic rings. The fourth-order valence-corrected chi connectivity index (χ4v) is 1.51. The van der Waals surface area contributed by atoms with Crippen molar-refractivity contribution in [2.75, 3.05) is 0 Å². The monoisotopic (exact) mass is 164 g/mol. The summed E-state index contributed by atoms with van der Waals surface area (Å²) < 4.78 is 0. The van der Waals surface area contributed by atoms with Crippen LogP contribution < -0.4 is 0 Å². The van der Waals surface area contributed by atoms with Crippen LogP contribution in [0.4, 0.5) is 0 Å². The van der Waals surface area contributed by atoms with Crippen LogP contribution in [0.5, 0.6) is 0 Å². The summed E-state index contributed by atoms with van der Waals surface area (Å²) in [7, 11) is 0. The van der Waals surface area contributed by atoms with Crippen molar-refractivity contribution in [2.24, 2.45) is 5.92 Å². The lowest BCUT2D eigenvalue weighted by Crippen LogP contribution is -2.24. The van der Waals surface area contributed by atoms with Crippen LogP contribution in [0.3, 0.4) is 0 Å². The van der Waals surface area contributed by atoms with Crippen molar-refractivity contribution in [2.45, 2.75) is 24.1 Å². The molecule has 0 N–H and O–H groups in total. The minimum atomic E-state index is 0.122. The Morgan fingerprint density at radius 3 is 2.56 bits per heavy atom. The lowest BCUT2D eigenvalue weighted by Gasteiger charge is -2.22. The van der Waals surface area contributed by atoms with Crippen molar-refractivity contribution in [3.8, 4) is 0 Å². The minimum Gasteiger partial charge on any atom is -0.121 e. The first-order valence-corrected chi connectivity index (χ1v) is 4.04. The SMILES string of the molecule is CC1C=CCC(Cl)C1Cl. The Morgan fingerprint density at radius 1 is 1.44 bits per heavy atom. The van der Waals surface area contributed by atoms with Crippen LogP contribution in [0.15, 0.2) is 12.2 Å². The predicted molar refractivity (Wildman–Crippen MR) is 42.2 cm³/mol. The van der Waals surface area contributed by atoms with Crippen molar-refractivity contribution in [1.29, 1.82) is 0 Å². The second-order valence-electron chi connectivity index (χ2n) is 2.48. The molecular formula is C7H10Cl2. The van der Waals surface area contributed by atoms with Gasteiger partial charge in [0.2, 0.25) is 0 Å². The Labute approximate surface area is 65.8 Å². The van der Waals surface area contributed by atoms with Crippen LogP contribution in [0.1, 0.15) is 13.3 Å². The van der Waals surface area contributed by atoms with Crippen LogP contribution in [0.25, 0.3) is 0 Å². The molecule has 0 amide bonds. The maximum atomic E-state index is 5.93. The van der Waals surface area contributed by atoms with E-state index in [1.807, 2.05) is 0 Å². The average Bonchev–Trinajstić information content (AvgIpc) is 1.83. The van der Waals surface area contributed by atoms with Crippen molar-refractivity contribution in [3.63, 3.8) is 0 Å². The molecule has 3 unspecified atom stereocenters. The van der Waals surface area contributed by atoms with Crippen LogP contribution in [0.2, 0.25) is 0 Å². The molecule has 9 heavy (non-hydrogen) atoms. The van der Waals surface area contributed by atoms with Gasteiger partial charge in [0.05, 0.1) is 10.8 Å². The molecule has 0 aliphatic heterocycles. The van der Waals surface area contributed by atoms with Crippen LogP contribution in [-0.4, -0.2) is 10.8 Å². The van der Waals surface area contributed by atoms with Gasteiger partial charge in [0, 0.05) is 0 Å². The summed E-state index contributed by atoms with van der Waals surface area (Å²) >= 11 is 11.8. The van der Waals surface area contributed by atoms with Crippen LogP contribution >= 0.6 is 23.2 Å². The van der Waals surface area contributed by atoms with E-state index in [2.05, 4.69) is 19.1 Å². The lowest BCUT2D eigenvalue weighted by atomic mass is 9.97. The Balaban J connectivity index is 2.58. The molecule has 0 saturated heterocycles. The van der Waals surface area contributed by atoms with Gasteiger partial charge in [-0.25, -0.2) is 0 Å². The summed E-state index contributed by atoms with van der Waals surface area (Å²) in [5.74, 6) is 0.433. The van der Waals surface area contributed by atoms with Crippen LogP contribution in [0, 0.1) is 5.92 Å². The lowest BCUT2D eigenvalue weighted by molar-refractivity contribution is 0.601. The largest absolute Gasteiger partial charge is 0.121 e. The van der Waals surface area contributed by atoms with E-state index in [0.29, 0.717) is 5.92 Å². The average molecular weight is 165 g/mol. The van der Waals surface area contributed by atoms with Crippen molar-refractivity contribution < 1.29 is 0 Å². The molecule has 0 bridgehead atoms. The van der Waals surface area contributed by atoms with Crippen molar-refractivity contribution in [3.05, 3.63) is 12.2 Å². The van der Waals surface area contributed by atoms with E-state index in [0.717, 1.165) is 6.42 Å². The molecule has 0 nitrogen and oxygen atoms in total. The summed E-state index contributed by atoms with van der Waals surface area (Å²) in [5.41, 5.74) is 0. The normalized spacial score (nSPS) is 43.2. The van der Waals surface area contributed by atoms with Gasteiger partial charge in [-0.05, 0) is 12.3 Å². The molecule has 0 radical (unpaired) electrons. The molecule has 0 saturated carbocycles. The molecule has 0 fully saturated rings. The number of allylic oxidation sites excluding steroid dienone is 2. The highest BCUT2D eigenvalue weighted by molar-refractivity contribution is 6.30. The third-order valence-corrected chi connectivity index (χ3v) is 2.93. The zero-order valence-electron chi connectivity index (χ0n) is 5.35. The standard InChI is InChI=1S/C7H10Cl2/c1-5-3-2-4-6(8)7(5)9/h2-3,5-7H,4H2,1H3. The maximum absolute atomic E-state index is 5.93. The van der Waals surface area contributed by atoms with Gasteiger partial charge in [-0.1, -0.05) is 19.1 Å². The number of hydrogen-bond acceptors (Lipinski definition) is 0. The fourth-order valence-electron chi connectivity index (χ4n) is 0.989. The Morgan fingerprint density at radius 2 is 2.11 bits per heavy atom. The zero-order chi connectivity index (χ0) is 6.85. The Hall–Kier alpha value is 0.320. The Bertz CT molecular complexity index is 120. The third-order valence-electron chi connectivity index (χ3n) is 1.65. The second-order valence-corrected chi connectivity index (χ2v) is 3.55. The van der Waals surface area contributed by atoms with Gasteiger partial charge in [0.15, 0.2) is 0 Å². The molecule has 0 spiro atoms. The first-order valence-electron chi connectivity index (χ1n) is 3.16. The molecule has 2 heteroatoms. The van der Waals surface area contributed by atoms with Gasteiger partial charge in [-0.2, -0.15) is 0 Å². The first-order chi connectivity index (χ1) is 4.22. The van der Waals surface area contributed by atoms with E-state index in [-0.39, 0.29) is 10.8 Å². The summed E-state index contributed by atoms with van der Waals surface area (Å²) in [6.45, 7) is 2.09. The van der Waals surface area contributed by atoms with Gasteiger partial charge >= 0.3 is 0 Å². The second kappa shape index (κ2) is 2.94. The van der Waals surface area contributed by atoms with Crippen molar-refractivity contribution in [1.82, 2.24) is 0 Å². The zero-order valence-corrected chi connectivity index (χ0v) is 6.86. The van der Waals surface area contributed by atoms with Crippen molar-refractivity contribution >= 4 is 23.2 Å². The van der Waals surface area contributed by atoms with E-state index < -0.39 is 0 Å². The maximum Gasteiger partial charge on any atom is 0.0562 e. The number of alkyl halides is 2. The third kappa shape index (κ3) is 1.62. The highest BCUT2D eigenvalue weighted by Crippen LogP contribution is 2.26. The van der Waals surface area contributed by atoms with Gasteiger partial charge in [0.25, 0.3) is 0 Å². The molecule has 0 aromatic carbocycles. The van der Waals surface area contributed by atoms with E-state index in [1.165, 1.54) is 0 Å². The van der Waals surface area contributed by atoms with Gasteiger partial charge < -0.3 is 0 Å². The summed E-state index contributed by atoms with van der Waals surface area (Å²) in [4.78, 5) is 0. The number of hydrogen-bond donors (Lipinski definition) is 0. The Kier molecular flexibility index (Phi) is 2.42. The fraction of sp³-hybridized carbons (Fsp3) is 0.714. The smallest absolute Gasteiger partial charge is 0.0562 e. The van der Waals surface area contributed by atoms with Gasteiger partial charge in [-0.15, -0.1) is 23.2 Å². The first kappa shape index (κ1) is 7.43. The molecular weight excluding hydrogens is 155 g/mol. The molecule has 1 aliphatic carbocycles. The van der Waals surface area contributed by atoms with Gasteiger partial charge in [0.1, 0.15) is 0 Å². The molecule has 0 aromatic heterocycles. The number of halogens is 2. The molecule has 1 rings (SSSR count). The summed E-state index contributed by atoms with van der Waals surface area (Å²) in [5, 5.41) is 0.253. The quantitative estimate of drug-likeness (QED) is 0.382. The molecule has 0 heterocycles. The minimum absolute atomic E-state index is 0.122. The van der Waals surface area contributed by atoms with E-state index in [4.69, 9.17) is 23.2 Å². The topological polar surface area (TPSA) is 0 Å². The molecule has 3 atom stereocenters. The summed E-state index contributed by atoms with van der Waals surface area (Å²) in [6.07, 6.45) is 5.14. The molecule has 1 aliphatic rings.